The van der Waals surface area contributed by atoms with Gasteiger partial charge >= 0.3 is 0 Å². The van der Waals surface area contributed by atoms with Gasteiger partial charge in [0, 0.05) is 18.5 Å². The van der Waals surface area contributed by atoms with E-state index in [0.29, 0.717) is 6.54 Å². The number of aromatic nitrogens is 1. The molecule has 0 aliphatic heterocycles. The topological polar surface area (TPSA) is 45.2 Å². The van der Waals surface area contributed by atoms with Gasteiger partial charge in [-0.25, -0.2) is 13.8 Å². The molecule has 3 nitrogen and oxygen atoms in total. The quantitative estimate of drug-likeness (QED) is 0.785. The summed E-state index contributed by atoms with van der Waals surface area (Å²) < 4.78 is 23.8. The lowest BCUT2D eigenvalue weighted by molar-refractivity contribution is -0.00344. The molecular weight excluding hydrogens is 222 g/mol. The molecule has 1 aromatic rings. The second-order valence-electron chi connectivity index (χ2n) is 3.12. The van der Waals surface area contributed by atoms with E-state index in [2.05, 4.69) is 10.3 Å². The number of halogens is 2. The zero-order valence-corrected chi connectivity index (χ0v) is 9.23. The number of nitrogens with zero attached hydrogens (tertiary/aromatic N) is 1. The number of alkyl halides is 2. The molecule has 0 saturated heterocycles. The zero-order chi connectivity index (χ0) is 11.3. The number of aliphatic hydroxyl groups excluding tert-OH is 1. The minimum Gasteiger partial charge on any atom is -0.386 e. The molecule has 86 valence electrons. The maximum atomic E-state index is 11.9. The Morgan fingerprint density at radius 3 is 2.87 bits per heavy atom. The highest BCUT2D eigenvalue weighted by atomic mass is 32.1. The molecule has 1 heterocycles. The van der Waals surface area contributed by atoms with Crippen LogP contribution in [0.3, 0.4) is 0 Å². The lowest BCUT2D eigenvalue weighted by atomic mass is 10.3. The van der Waals surface area contributed by atoms with Gasteiger partial charge < -0.3 is 10.4 Å². The Labute approximate surface area is 91.2 Å². The zero-order valence-electron chi connectivity index (χ0n) is 8.41. The summed E-state index contributed by atoms with van der Waals surface area (Å²) in [6.07, 6.45) is -3.42. The second kappa shape index (κ2) is 6.09. The average molecular weight is 236 g/mol. The summed E-state index contributed by atoms with van der Waals surface area (Å²) in [5, 5.41) is 14.5. The van der Waals surface area contributed by atoms with Crippen molar-refractivity contribution >= 4 is 11.3 Å². The van der Waals surface area contributed by atoms with Crippen LogP contribution in [0.4, 0.5) is 8.78 Å². The van der Waals surface area contributed by atoms with E-state index in [0.717, 1.165) is 17.1 Å². The van der Waals surface area contributed by atoms with E-state index >= 15 is 0 Å². The molecule has 6 heteroatoms. The van der Waals surface area contributed by atoms with Crippen molar-refractivity contribution in [2.75, 3.05) is 6.54 Å². The summed E-state index contributed by atoms with van der Waals surface area (Å²) in [5.41, 5.74) is 0.832. The van der Waals surface area contributed by atoms with Crippen molar-refractivity contribution in [3.05, 3.63) is 16.1 Å². The van der Waals surface area contributed by atoms with E-state index < -0.39 is 12.5 Å². The lowest BCUT2D eigenvalue weighted by Crippen LogP contribution is -2.31. The molecule has 0 aromatic carbocycles. The maximum absolute atomic E-state index is 11.9. The van der Waals surface area contributed by atoms with E-state index in [1.165, 1.54) is 0 Å². The number of hydrogen-bond acceptors (Lipinski definition) is 4. The monoisotopic (exact) mass is 236 g/mol. The third-order valence-electron chi connectivity index (χ3n) is 1.85. The first-order valence-corrected chi connectivity index (χ1v) is 5.61. The first-order valence-electron chi connectivity index (χ1n) is 4.73. The number of nitrogens with one attached hydrogen (secondary N) is 1. The standard InChI is InChI=1S/C9H14F2N2OS/c1-2-8-13-6(5-15-8)3-12-4-7(14)9(10)11/h5,7,9,12,14H,2-4H2,1H3. The molecule has 2 N–H and O–H groups in total. The van der Waals surface area contributed by atoms with Crippen molar-refractivity contribution < 1.29 is 13.9 Å². The summed E-state index contributed by atoms with van der Waals surface area (Å²) in [4.78, 5) is 4.26. The van der Waals surface area contributed by atoms with Gasteiger partial charge in [-0.2, -0.15) is 0 Å². The molecule has 0 amide bonds. The molecule has 1 aromatic heterocycles. The Hall–Kier alpha value is -0.590. The number of thiazole rings is 1. The van der Waals surface area contributed by atoms with E-state index in [9.17, 15) is 8.78 Å². The van der Waals surface area contributed by atoms with Crippen molar-refractivity contribution in [3.63, 3.8) is 0 Å². The number of rotatable bonds is 6. The highest BCUT2D eigenvalue weighted by molar-refractivity contribution is 7.09. The van der Waals surface area contributed by atoms with Gasteiger partial charge in [-0.3, -0.25) is 0 Å². The van der Waals surface area contributed by atoms with Crippen LogP contribution in [-0.2, 0) is 13.0 Å². The minimum atomic E-state index is -2.70. The lowest BCUT2D eigenvalue weighted by Gasteiger charge is -2.09. The second-order valence-corrected chi connectivity index (χ2v) is 4.06. The van der Waals surface area contributed by atoms with E-state index in [-0.39, 0.29) is 6.54 Å². The highest BCUT2D eigenvalue weighted by Gasteiger charge is 2.15. The normalized spacial score (nSPS) is 13.4. The molecule has 1 atom stereocenters. The molecule has 0 bridgehead atoms. The SMILES string of the molecule is CCc1nc(CNCC(O)C(F)F)cs1. The maximum Gasteiger partial charge on any atom is 0.265 e. The molecular formula is C9H14F2N2OS. The van der Waals surface area contributed by atoms with E-state index in [1.807, 2.05) is 12.3 Å². The Morgan fingerprint density at radius 2 is 2.33 bits per heavy atom. The predicted octanol–water partition coefficient (Wildman–Crippen LogP) is 1.42. The van der Waals surface area contributed by atoms with Crippen LogP contribution in [-0.4, -0.2) is 29.2 Å². The van der Waals surface area contributed by atoms with Gasteiger partial charge in [0.05, 0.1) is 10.7 Å². The molecule has 0 spiro atoms. The van der Waals surface area contributed by atoms with Gasteiger partial charge in [-0.1, -0.05) is 6.92 Å². The van der Waals surface area contributed by atoms with Crippen LogP contribution >= 0.6 is 11.3 Å². The first kappa shape index (κ1) is 12.5. The highest BCUT2D eigenvalue weighted by Crippen LogP contribution is 2.09. The Bertz CT molecular complexity index is 293. The van der Waals surface area contributed by atoms with Crippen molar-refractivity contribution in [2.45, 2.75) is 32.4 Å². The van der Waals surface area contributed by atoms with Crippen LogP contribution in [0.15, 0.2) is 5.38 Å². The van der Waals surface area contributed by atoms with E-state index in [1.54, 1.807) is 11.3 Å². The molecule has 15 heavy (non-hydrogen) atoms. The molecule has 0 saturated carbocycles. The fraction of sp³-hybridized carbons (Fsp3) is 0.667. The van der Waals surface area contributed by atoms with Crippen LogP contribution < -0.4 is 5.32 Å². The fourth-order valence-corrected chi connectivity index (χ4v) is 1.77. The van der Waals surface area contributed by atoms with Crippen molar-refractivity contribution in [2.24, 2.45) is 0 Å². The van der Waals surface area contributed by atoms with Crippen LogP contribution in [0.2, 0.25) is 0 Å². The van der Waals surface area contributed by atoms with Crippen molar-refractivity contribution in [1.82, 2.24) is 10.3 Å². The summed E-state index contributed by atoms with van der Waals surface area (Å²) in [6.45, 7) is 2.31. The summed E-state index contributed by atoms with van der Waals surface area (Å²) in [7, 11) is 0. The van der Waals surface area contributed by atoms with Gasteiger partial charge in [0.2, 0.25) is 0 Å². The molecule has 0 aliphatic rings. The van der Waals surface area contributed by atoms with Crippen LogP contribution in [0.25, 0.3) is 0 Å². The van der Waals surface area contributed by atoms with Crippen molar-refractivity contribution in [3.8, 4) is 0 Å². The molecule has 1 rings (SSSR count). The molecule has 0 fully saturated rings. The van der Waals surface area contributed by atoms with Gasteiger partial charge in [0.25, 0.3) is 6.43 Å². The largest absolute Gasteiger partial charge is 0.386 e. The van der Waals surface area contributed by atoms with Gasteiger partial charge in [0.1, 0.15) is 6.10 Å². The summed E-state index contributed by atoms with van der Waals surface area (Å²) in [5.74, 6) is 0. The fourth-order valence-electron chi connectivity index (χ4n) is 1.03. The number of aliphatic hydroxyl groups is 1. The Morgan fingerprint density at radius 1 is 1.60 bits per heavy atom. The predicted molar refractivity (Wildman–Crippen MR) is 55.2 cm³/mol. The third kappa shape index (κ3) is 4.19. The molecule has 1 unspecified atom stereocenters. The van der Waals surface area contributed by atoms with Gasteiger partial charge in [0.15, 0.2) is 0 Å². The summed E-state index contributed by atoms with van der Waals surface area (Å²) >= 11 is 1.55. The molecule has 0 aliphatic carbocycles. The van der Waals surface area contributed by atoms with Crippen LogP contribution in [0.1, 0.15) is 17.6 Å². The molecule has 0 radical (unpaired) electrons. The summed E-state index contributed by atoms with van der Waals surface area (Å²) in [6, 6.07) is 0. The minimum absolute atomic E-state index is 0.114. The Balaban J connectivity index is 2.25. The third-order valence-corrected chi connectivity index (χ3v) is 2.89. The van der Waals surface area contributed by atoms with Crippen LogP contribution in [0.5, 0.6) is 0 Å². The van der Waals surface area contributed by atoms with Crippen molar-refractivity contribution in [1.29, 1.82) is 0 Å². The van der Waals surface area contributed by atoms with E-state index in [4.69, 9.17) is 5.11 Å². The van der Waals surface area contributed by atoms with Crippen LogP contribution in [0, 0.1) is 0 Å². The average Bonchev–Trinajstić information content (AvgIpc) is 2.65. The number of aryl methyl sites for hydroxylation is 1. The first-order chi connectivity index (χ1) is 7.13. The van der Waals surface area contributed by atoms with Gasteiger partial charge in [-0.15, -0.1) is 11.3 Å². The smallest absolute Gasteiger partial charge is 0.265 e. The van der Waals surface area contributed by atoms with Gasteiger partial charge in [-0.05, 0) is 6.42 Å². The number of hydrogen-bond donors (Lipinski definition) is 2. The Kier molecular flexibility index (Phi) is 5.07.